The van der Waals surface area contributed by atoms with Crippen LogP contribution in [0.4, 0.5) is 17.1 Å². The molecule has 238 valence electrons. The van der Waals surface area contributed by atoms with Crippen LogP contribution in [-0.2, 0) is 0 Å². The highest BCUT2D eigenvalue weighted by Gasteiger charge is 2.18. The SMILES string of the molecule is c1ccc2c(c1)oc1c3ccc(N(c4ccc(-c5ccc6ccncc6c5)cc4)c4ccc5c(ccc6c7ccccc7oc56)c4)cc3ccc21. The molecule has 3 heterocycles. The molecule has 51 heavy (non-hydrogen) atoms. The van der Waals surface area contributed by atoms with Crippen LogP contribution in [0.5, 0.6) is 0 Å². The fraction of sp³-hybridized carbons (Fsp3) is 0. The number of furan rings is 2. The summed E-state index contributed by atoms with van der Waals surface area (Å²) in [5.41, 5.74) is 9.15. The molecular formula is C47H28N2O2. The Morgan fingerprint density at radius 2 is 0.902 bits per heavy atom. The largest absolute Gasteiger partial charge is 0.455 e. The van der Waals surface area contributed by atoms with Gasteiger partial charge < -0.3 is 13.7 Å². The van der Waals surface area contributed by atoms with E-state index in [4.69, 9.17) is 8.83 Å². The van der Waals surface area contributed by atoms with Crippen molar-refractivity contribution in [3.05, 3.63) is 170 Å². The summed E-state index contributed by atoms with van der Waals surface area (Å²) in [6, 6.07) is 56.0. The van der Waals surface area contributed by atoms with E-state index in [0.717, 1.165) is 99.0 Å². The predicted molar refractivity (Wildman–Crippen MR) is 211 cm³/mol. The number of benzene rings is 8. The van der Waals surface area contributed by atoms with Gasteiger partial charge in [0, 0.05) is 67.2 Å². The van der Waals surface area contributed by atoms with Crippen molar-refractivity contribution in [3.63, 3.8) is 0 Å². The number of hydrogen-bond donors (Lipinski definition) is 0. The monoisotopic (exact) mass is 652 g/mol. The first-order valence-corrected chi connectivity index (χ1v) is 17.2. The molecular weight excluding hydrogens is 625 g/mol. The second kappa shape index (κ2) is 10.8. The Labute approximate surface area is 292 Å². The van der Waals surface area contributed by atoms with Gasteiger partial charge in [-0.25, -0.2) is 0 Å². The molecule has 0 saturated carbocycles. The van der Waals surface area contributed by atoms with Crippen molar-refractivity contribution in [2.24, 2.45) is 0 Å². The third-order valence-corrected chi connectivity index (χ3v) is 10.3. The van der Waals surface area contributed by atoms with E-state index >= 15 is 0 Å². The Bertz CT molecular complexity index is 3000. The average molecular weight is 653 g/mol. The number of hydrogen-bond acceptors (Lipinski definition) is 4. The summed E-state index contributed by atoms with van der Waals surface area (Å²) in [6.07, 6.45) is 3.76. The molecule has 0 aliphatic heterocycles. The van der Waals surface area contributed by atoms with Crippen LogP contribution in [0, 0.1) is 0 Å². The predicted octanol–water partition coefficient (Wildman–Crippen LogP) is 13.5. The van der Waals surface area contributed by atoms with E-state index < -0.39 is 0 Å². The Kier molecular flexibility index (Phi) is 5.92. The zero-order valence-electron chi connectivity index (χ0n) is 27.4. The van der Waals surface area contributed by atoms with E-state index in [0.29, 0.717) is 0 Å². The van der Waals surface area contributed by atoms with E-state index in [1.165, 1.54) is 5.39 Å². The summed E-state index contributed by atoms with van der Waals surface area (Å²) < 4.78 is 12.8. The molecule has 0 spiro atoms. The zero-order valence-corrected chi connectivity index (χ0v) is 27.4. The van der Waals surface area contributed by atoms with Crippen LogP contribution in [-0.4, -0.2) is 4.98 Å². The quantitative estimate of drug-likeness (QED) is 0.190. The minimum absolute atomic E-state index is 0.906. The number of nitrogens with zero attached hydrogens (tertiary/aromatic N) is 2. The number of para-hydroxylation sites is 2. The highest BCUT2D eigenvalue weighted by molar-refractivity contribution is 6.17. The average Bonchev–Trinajstić information content (AvgIpc) is 3.77. The molecule has 0 N–H and O–H groups in total. The zero-order chi connectivity index (χ0) is 33.5. The Morgan fingerprint density at radius 3 is 1.53 bits per heavy atom. The van der Waals surface area contributed by atoms with Crippen molar-refractivity contribution in [3.8, 4) is 11.1 Å². The lowest BCUT2D eigenvalue weighted by molar-refractivity contribution is 0.672. The molecule has 11 rings (SSSR count). The van der Waals surface area contributed by atoms with Gasteiger partial charge in [0.15, 0.2) is 0 Å². The molecule has 0 amide bonds. The van der Waals surface area contributed by atoms with Gasteiger partial charge in [-0.1, -0.05) is 72.8 Å². The van der Waals surface area contributed by atoms with Crippen LogP contribution >= 0.6 is 0 Å². The molecule has 0 aliphatic rings. The molecule has 3 aromatic heterocycles. The van der Waals surface area contributed by atoms with Crippen molar-refractivity contribution in [2.75, 3.05) is 4.90 Å². The van der Waals surface area contributed by atoms with Gasteiger partial charge in [-0.3, -0.25) is 4.98 Å². The molecule has 0 fully saturated rings. The molecule has 11 aromatic rings. The first-order chi connectivity index (χ1) is 25.2. The first-order valence-electron chi connectivity index (χ1n) is 17.2. The molecule has 0 radical (unpaired) electrons. The van der Waals surface area contributed by atoms with E-state index in [2.05, 4.69) is 137 Å². The molecule has 0 atom stereocenters. The van der Waals surface area contributed by atoms with Crippen LogP contribution in [0.3, 0.4) is 0 Å². The second-order valence-electron chi connectivity index (χ2n) is 13.2. The van der Waals surface area contributed by atoms with Crippen molar-refractivity contribution in [2.45, 2.75) is 0 Å². The van der Waals surface area contributed by atoms with Crippen molar-refractivity contribution in [1.82, 2.24) is 4.98 Å². The van der Waals surface area contributed by atoms with Crippen molar-refractivity contribution < 1.29 is 8.83 Å². The molecule has 4 heteroatoms. The Balaban J connectivity index is 1.07. The smallest absolute Gasteiger partial charge is 0.143 e. The summed E-state index contributed by atoms with van der Waals surface area (Å²) in [5, 5.41) is 11.3. The van der Waals surface area contributed by atoms with Gasteiger partial charge in [0.05, 0.1) is 0 Å². The highest BCUT2D eigenvalue weighted by atomic mass is 16.3. The van der Waals surface area contributed by atoms with E-state index in [9.17, 15) is 0 Å². The number of fused-ring (bicyclic) bond motifs is 11. The molecule has 0 aliphatic carbocycles. The lowest BCUT2D eigenvalue weighted by atomic mass is 10.0. The number of rotatable bonds is 4. The second-order valence-corrected chi connectivity index (χ2v) is 13.2. The molecule has 8 aromatic carbocycles. The van der Waals surface area contributed by atoms with Gasteiger partial charge in [-0.15, -0.1) is 0 Å². The fourth-order valence-corrected chi connectivity index (χ4v) is 7.79. The summed E-state index contributed by atoms with van der Waals surface area (Å²) in [5.74, 6) is 0. The summed E-state index contributed by atoms with van der Waals surface area (Å²) in [4.78, 5) is 6.66. The Hall–Kier alpha value is -6.91. The minimum Gasteiger partial charge on any atom is -0.455 e. The molecule has 0 unspecified atom stereocenters. The van der Waals surface area contributed by atoms with E-state index in [-0.39, 0.29) is 0 Å². The van der Waals surface area contributed by atoms with Gasteiger partial charge in [0.2, 0.25) is 0 Å². The van der Waals surface area contributed by atoms with Crippen LogP contribution in [0.1, 0.15) is 0 Å². The van der Waals surface area contributed by atoms with Crippen LogP contribution in [0.2, 0.25) is 0 Å². The fourth-order valence-electron chi connectivity index (χ4n) is 7.79. The van der Waals surface area contributed by atoms with Crippen molar-refractivity contribution >= 4 is 93.3 Å². The topological polar surface area (TPSA) is 42.4 Å². The summed E-state index contributed by atoms with van der Waals surface area (Å²) in [6.45, 7) is 0. The maximum absolute atomic E-state index is 6.40. The van der Waals surface area contributed by atoms with Gasteiger partial charge in [0.25, 0.3) is 0 Å². The summed E-state index contributed by atoms with van der Waals surface area (Å²) >= 11 is 0. The first kappa shape index (κ1) is 28.0. The number of pyridine rings is 1. The van der Waals surface area contributed by atoms with Gasteiger partial charge in [-0.05, 0) is 112 Å². The molecule has 0 saturated heterocycles. The lowest BCUT2D eigenvalue weighted by Crippen LogP contribution is -2.10. The maximum Gasteiger partial charge on any atom is 0.143 e. The van der Waals surface area contributed by atoms with Gasteiger partial charge in [0.1, 0.15) is 22.3 Å². The molecule has 4 nitrogen and oxygen atoms in total. The standard InChI is InChI=1S/C47H28N2O2/c1-3-7-44-40(5-1)42-19-13-32-26-36(17-21-38(32)46(42)50-44)49(35-15-11-29(12-16-35)31-10-9-30-23-24-48-28-34(30)25-31)37-18-22-39-33(27-37)14-20-43-41-6-2-4-8-45(41)51-47(39)43/h1-28H. The maximum atomic E-state index is 6.40. The van der Waals surface area contributed by atoms with Gasteiger partial charge in [-0.2, -0.15) is 0 Å². The van der Waals surface area contributed by atoms with Crippen LogP contribution < -0.4 is 4.90 Å². The minimum atomic E-state index is 0.906. The van der Waals surface area contributed by atoms with E-state index in [1.54, 1.807) is 0 Å². The third kappa shape index (κ3) is 4.37. The highest BCUT2D eigenvalue weighted by Crippen LogP contribution is 2.42. The van der Waals surface area contributed by atoms with Crippen molar-refractivity contribution in [1.29, 1.82) is 0 Å². The lowest BCUT2D eigenvalue weighted by Gasteiger charge is -2.26. The van der Waals surface area contributed by atoms with Gasteiger partial charge >= 0.3 is 0 Å². The third-order valence-electron chi connectivity index (χ3n) is 10.3. The number of anilines is 3. The normalized spacial score (nSPS) is 11.9. The molecule has 0 bridgehead atoms. The van der Waals surface area contributed by atoms with Crippen LogP contribution in [0.15, 0.2) is 179 Å². The van der Waals surface area contributed by atoms with Crippen LogP contribution in [0.25, 0.3) is 87.3 Å². The summed E-state index contributed by atoms with van der Waals surface area (Å²) in [7, 11) is 0. The number of aromatic nitrogens is 1. The van der Waals surface area contributed by atoms with E-state index in [1.807, 2.05) is 42.7 Å². The Morgan fingerprint density at radius 1 is 0.373 bits per heavy atom.